The van der Waals surface area contributed by atoms with E-state index in [1.807, 2.05) is 0 Å². The summed E-state index contributed by atoms with van der Waals surface area (Å²) in [6.45, 7) is 13.2. The van der Waals surface area contributed by atoms with E-state index in [1.165, 1.54) is 38.5 Å². The molecule has 2 nitrogen and oxygen atoms in total. The Hall–Kier alpha value is -0.0800. The van der Waals surface area contributed by atoms with Gasteiger partial charge in [0.2, 0.25) is 0 Å². The van der Waals surface area contributed by atoms with Gasteiger partial charge < -0.3 is 10.1 Å². The molecule has 0 spiro atoms. The lowest BCUT2D eigenvalue weighted by Crippen LogP contribution is -2.30. The predicted molar refractivity (Wildman–Crippen MR) is 81.1 cm³/mol. The zero-order valence-electron chi connectivity index (χ0n) is 13.3. The van der Waals surface area contributed by atoms with E-state index in [4.69, 9.17) is 4.74 Å². The first-order valence-electron chi connectivity index (χ1n) is 7.92. The highest BCUT2D eigenvalue weighted by atomic mass is 16.5. The van der Waals surface area contributed by atoms with Crippen molar-refractivity contribution in [2.75, 3.05) is 13.1 Å². The molecule has 0 aromatic heterocycles. The lowest BCUT2D eigenvalue weighted by Gasteiger charge is -2.20. The van der Waals surface area contributed by atoms with Crippen LogP contribution in [0.2, 0.25) is 0 Å². The summed E-state index contributed by atoms with van der Waals surface area (Å²) in [5, 5.41) is 3.47. The summed E-state index contributed by atoms with van der Waals surface area (Å²) in [6, 6.07) is 0. The minimum absolute atomic E-state index is 0.332. The quantitative estimate of drug-likeness (QED) is 0.524. The van der Waals surface area contributed by atoms with Crippen LogP contribution >= 0.6 is 0 Å². The van der Waals surface area contributed by atoms with Gasteiger partial charge in [-0.25, -0.2) is 0 Å². The van der Waals surface area contributed by atoms with E-state index in [2.05, 4.69) is 39.9 Å². The zero-order valence-corrected chi connectivity index (χ0v) is 13.3. The van der Waals surface area contributed by atoms with E-state index in [-0.39, 0.29) is 0 Å². The summed E-state index contributed by atoms with van der Waals surface area (Å²) in [5.74, 6) is 0.784. The molecule has 0 aliphatic carbocycles. The Morgan fingerprint density at radius 1 is 0.889 bits per heavy atom. The third kappa shape index (κ3) is 12.4. The maximum atomic E-state index is 5.98. The molecule has 0 rings (SSSR count). The van der Waals surface area contributed by atoms with Gasteiger partial charge in [-0.3, -0.25) is 0 Å². The van der Waals surface area contributed by atoms with Gasteiger partial charge >= 0.3 is 0 Å². The van der Waals surface area contributed by atoms with Crippen LogP contribution in [0.1, 0.15) is 73.1 Å². The second kappa shape index (κ2) is 12.0. The highest BCUT2D eigenvalue weighted by Gasteiger charge is 2.08. The molecule has 110 valence electrons. The SMILES string of the molecule is CCCCCCC(C)OC(C)CNCCC(C)C. The summed E-state index contributed by atoms with van der Waals surface area (Å²) < 4.78 is 5.98. The summed E-state index contributed by atoms with van der Waals surface area (Å²) in [5.41, 5.74) is 0. The van der Waals surface area contributed by atoms with Crippen LogP contribution in [0.15, 0.2) is 0 Å². The molecule has 2 heteroatoms. The molecule has 0 aromatic carbocycles. The number of unbranched alkanes of at least 4 members (excludes halogenated alkanes) is 3. The van der Waals surface area contributed by atoms with E-state index >= 15 is 0 Å². The van der Waals surface area contributed by atoms with Crippen molar-refractivity contribution in [1.82, 2.24) is 5.32 Å². The summed E-state index contributed by atoms with van der Waals surface area (Å²) in [4.78, 5) is 0. The number of nitrogens with one attached hydrogen (secondary N) is 1. The summed E-state index contributed by atoms with van der Waals surface area (Å²) in [7, 11) is 0. The standard InChI is InChI=1S/C16H35NO/c1-6-7-8-9-10-15(4)18-16(5)13-17-12-11-14(2)3/h14-17H,6-13H2,1-5H3. The van der Waals surface area contributed by atoms with E-state index in [0.29, 0.717) is 12.2 Å². The summed E-state index contributed by atoms with van der Waals surface area (Å²) >= 11 is 0. The second-order valence-corrected chi connectivity index (χ2v) is 5.99. The molecule has 2 unspecified atom stereocenters. The minimum Gasteiger partial charge on any atom is -0.374 e. The van der Waals surface area contributed by atoms with Crippen LogP contribution in [-0.2, 0) is 4.74 Å². The molecular weight excluding hydrogens is 222 g/mol. The van der Waals surface area contributed by atoms with Crippen LogP contribution in [0.25, 0.3) is 0 Å². The van der Waals surface area contributed by atoms with Crippen molar-refractivity contribution < 1.29 is 4.74 Å². The average molecular weight is 257 g/mol. The molecule has 1 N–H and O–H groups in total. The summed E-state index contributed by atoms with van der Waals surface area (Å²) in [6.07, 6.45) is 8.52. The number of rotatable bonds is 12. The van der Waals surface area contributed by atoms with Crippen molar-refractivity contribution in [1.29, 1.82) is 0 Å². The van der Waals surface area contributed by atoms with Gasteiger partial charge in [0.05, 0.1) is 12.2 Å². The van der Waals surface area contributed by atoms with Gasteiger partial charge in [-0.1, -0.05) is 46.5 Å². The number of hydrogen-bond acceptors (Lipinski definition) is 2. The Morgan fingerprint density at radius 3 is 2.22 bits per heavy atom. The Kier molecular flexibility index (Phi) is 11.9. The third-order valence-electron chi connectivity index (χ3n) is 3.26. The van der Waals surface area contributed by atoms with Gasteiger partial charge in [0.1, 0.15) is 0 Å². The molecule has 0 fully saturated rings. The lowest BCUT2D eigenvalue weighted by atomic mass is 10.1. The van der Waals surface area contributed by atoms with Gasteiger partial charge in [0.15, 0.2) is 0 Å². The smallest absolute Gasteiger partial charge is 0.0674 e. The fraction of sp³-hybridized carbons (Fsp3) is 1.00. The molecule has 0 bridgehead atoms. The largest absolute Gasteiger partial charge is 0.374 e. The maximum Gasteiger partial charge on any atom is 0.0674 e. The van der Waals surface area contributed by atoms with Crippen LogP contribution in [0, 0.1) is 5.92 Å². The first-order valence-corrected chi connectivity index (χ1v) is 7.92. The third-order valence-corrected chi connectivity index (χ3v) is 3.26. The Labute approximate surface area is 115 Å². The van der Waals surface area contributed by atoms with Crippen molar-refractivity contribution in [3.05, 3.63) is 0 Å². The number of hydrogen-bond donors (Lipinski definition) is 1. The van der Waals surface area contributed by atoms with Gasteiger partial charge in [-0.2, -0.15) is 0 Å². The van der Waals surface area contributed by atoms with Crippen molar-refractivity contribution in [3.63, 3.8) is 0 Å². The molecule has 0 aliphatic heterocycles. The van der Waals surface area contributed by atoms with Gasteiger partial charge in [0.25, 0.3) is 0 Å². The minimum atomic E-state index is 0.332. The second-order valence-electron chi connectivity index (χ2n) is 5.99. The topological polar surface area (TPSA) is 21.3 Å². The first kappa shape index (κ1) is 17.9. The van der Waals surface area contributed by atoms with E-state index in [1.54, 1.807) is 0 Å². The molecule has 18 heavy (non-hydrogen) atoms. The van der Waals surface area contributed by atoms with Crippen molar-refractivity contribution in [3.8, 4) is 0 Å². The molecule has 0 heterocycles. The average Bonchev–Trinajstić information content (AvgIpc) is 2.30. The lowest BCUT2D eigenvalue weighted by molar-refractivity contribution is 0.00369. The first-order chi connectivity index (χ1) is 8.56. The van der Waals surface area contributed by atoms with Crippen molar-refractivity contribution >= 4 is 0 Å². The molecular formula is C16H35NO. The van der Waals surface area contributed by atoms with Crippen LogP contribution in [0.5, 0.6) is 0 Å². The van der Waals surface area contributed by atoms with E-state index in [0.717, 1.165) is 19.0 Å². The fourth-order valence-electron chi connectivity index (χ4n) is 2.07. The molecule has 0 aromatic rings. The molecule has 0 saturated heterocycles. The fourth-order valence-corrected chi connectivity index (χ4v) is 2.07. The van der Waals surface area contributed by atoms with Gasteiger partial charge in [-0.05, 0) is 39.2 Å². The monoisotopic (exact) mass is 257 g/mol. The van der Waals surface area contributed by atoms with Gasteiger partial charge in [-0.15, -0.1) is 0 Å². The maximum absolute atomic E-state index is 5.98. The highest BCUT2D eigenvalue weighted by Crippen LogP contribution is 2.09. The molecule has 0 aliphatic rings. The van der Waals surface area contributed by atoms with E-state index in [9.17, 15) is 0 Å². The predicted octanol–water partition coefficient (Wildman–Crippen LogP) is 4.39. The Balaban J connectivity index is 3.40. The van der Waals surface area contributed by atoms with Crippen molar-refractivity contribution in [2.45, 2.75) is 85.4 Å². The number of ether oxygens (including phenoxy) is 1. The Bertz CT molecular complexity index is 170. The van der Waals surface area contributed by atoms with Gasteiger partial charge in [0, 0.05) is 6.54 Å². The van der Waals surface area contributed by atoms with Crippen molar-refractivity contribution in [2.24, 2.45) is 5.92 Å². The zero-order chi connectivity index (χ0) is 13.8. The molecule has 0 amide bonds. The van der Waals surface area contributed by atoms with Crippen LogP contribution in [0.3, 0.4) is 0 Å². The molecule has 0 saturated carbocycles. The highest BCUT2D eigenvalue weighted by molar-refractivity contribution is 4.60. The molecule has 0 radical (unpaired) electrons. The Morgan fingerprint density at radius 2 is 1.61 bits per heavy atom. The molecule has 2 atom stereocenters. The van der Waals surface area contributed by atoms with Crippen LogP contribution in [-0.4, -0.2) is 25.3 Å². The van der Waals surface area contributed by atoms with E-state index < -0.39 is 0 Å². The normalized spacial score (nSPS) is 15.0. The van der Waals surface area contributed by atoms with Crippen LogP contribution in [0.4, 0.5) is 0 Å². The van der Waals surface area contributed by atoms with Crippen LogP contribution < -0.4 is 5.32 Å².